The van der Waals surface area contributed by atoms with Crippen molar-refractivity contribution in [2.75, 3.05) is 19.5 Å². The van der Waals surface area contributed by atoms with Crippen molar-refractivity contribution < 1.29 is 18.7 Å². The van der Waals surface area contributed by atoms with Crippen LogP contribution >= 0.6 is 15.9 Å². The lowest BCUT2D eigenvalue weighted by molar-refractivity contribution is 0.102. The number of ether oxygens (including phenoxy) is 2. The van der Waals surface area contributed by atoms with Gasteiger partial charge in [0.25, 0.3) is 5.91 Å². The molecule has 4 aromatic rings. The summed E-state index contributed by atoms with van der Waals surface area (Å²) in [6, 6.07) is 18.1. The van der Waals surface area contributed by atoms with Crippen LogP contribution in [-0.4, -0.2) is 25.1 Å². The zero-order valence-electron chi connectivity index (χ0n) is 15.7. The van der Waals surface area contributed by atoms with Crippen LogP contribution < -0.4 is 14.8 Å². The summed E-state index contributed by atoms with van der Waals surface area (Å²) in [6.45, 7) is 0. The van der Waals surface area contributed by atoms with E-state index in [2.05, 4.69) is 26.2 Å². The first kappa shape index (κ1) is 19.0. The highest BCUT2D eigenvalue weighted by Crippen LogP contribution is 2.29. The molecule has 1 heterocycles. The van der Waals surface area contributed by atoms with Crippen LogP contribution in [0.25, 0.3) is 22.6 Å². The van der Waals surface area contributed by atoms with Gasteiger partial charge in [0.2, 0.25) is 5.89 Å². The molecule has 1 N–H and O–H groups in total. The largest absolute Gasteiger partial charge is 0.497 e. The maximum Gasteiger partial charge on any atom is 0.259 e. The second kappa shape index (κ2) is 7.97. The minimum absolute atomic E-state index is 0.279. The predicted molar refractivity (Wildman–Crippen MR) is 115 cm³/mol. The van der Waals surface area contributed by atoms with Gasteiger partial charge in [-0.25, -0.2) is 4.98 Å². The second-order valence-corrected chi connectivity index (χ2v) is 7.15. The van der Waals surface area contributed by atoms with E-state index < -0.39 is 0 Å². The number of hydrogen-bond donors (Lipinski definition) is 1. The maximum absolute atomic E-state index is 12.7. The predicted octanol–water partition coefficient (Wildman–Crippen LogP) is 5.53. The Hall–Kier alpha value is -3.32. The summed E-state index contributed by atoms with van der Waals surface area (Å²) in [7, 11) is 3.14. The van der Waals surface area contributed by atoms with Crippen LogP contribution in [0.5, 0.6) is 11.5 Å². The van der Waals surface area contributed by atoms with Gasteiger partial charge in [0.1, 0.15) is 17.0 Å². The van der Waals surface area contributed by atoms with Crippen molar-refractivity contribution in [2.45, 2.75) is 0 Å². The average Bonchev–Trinajstić information content (AvgIpc) is 3.17. The Morgan fingerprint density at radius 3 is 2.69 bits per heavy atom. The molecule has 1 amide bonds. The van der Waals surface area contributed by atoms with Crippen LogP contribution in [0.15, 0.2) is 69.6 Å². The number of methoxy groups -OCH3 is 2. The van der Waals surface area contributed by atoms with E-state index in [4.69, 9.17) is 13.9 Å². The number of nitrogens with zero attached hydrogens (tertiary/aromatic N) is 1. The molecule has 0 unspecified atom stereocenters. The summed E-state index contributed by atoms with van der Waals surface area (Å²) in [4.78, 5) is 17.3. The molecule has 0 aliphatic rings. The van der Waals surface area contributed by atoms with Crippen molar-refractivity contribution in [3.8, 4) is 23.0 Å². The summed E-state index contributed by atoms with van der Waals surface area (Å²) < 4.78 is 17.2. The van der Waals surface area contributed by atoms with Crippen molar-refractivity contribution >= 4 is 38.6 Å². The van der Waals surface area contributed by atoms with Crippen molar-refractivity contribution in [2.24, 2.45) is 0 Å². The minimum atomic E-state index is -0.279. The van der Waals surface area contributed by atoms with Crippen molar-refractivity contribution in [1.82, 2.24) is 4.98 Å². The first-order chi connectivity index (χ1) is 14.1. The van der Waals surface area contributed by atoms with E-state index in [1.54, 1.807) is 37.4 Å². The second-order valence-electron chi connectivity index (χ2n) is 6.23. The Balaban J connectivity index is 1.62. The molecule has 0 fully saturated rings. The fourth-order valence-electron chi connectivity index (χ4n) is 2.94. The van der Waals surface area contributed by atoms with Gasteiger partial charge >= 0.3 is 0 Å². The van der Waals surface area contributed by atoms with E-state index in [9.17, 15) is 4.79 Å². The molecule has 0 saturated heterocycles. The molecule has 29 heavy (non-hydrogen) atoms. The highest BCUT2D eigenvalue weighted by molar-refractivity contribution is 9.10. The van der Waals surface area contributed by atoms with Crippen molar-refractivity contribution in [3.63, 3.8) is 0 Å². The summed E-state index contributed by atoms with van der Waals surface area (Å²) in [5, 5.41) is 2.88. The topological polar surface area (TPSA) is 73.6 Å². The van der Waals surface area contributed by atoms with Gasteiger partial charge in [-0.15, -0.1) is 0 Å². The number of anilines is 1. The first-order valence-electron chi connectivity index (χ1n) is 8.77. The van der Waals surface area contributed by atoms with Crippen LogP contribution in [0, 0.1) is 0 Å². The Labute approximate surface area is 175 Å². The van der Waals surface area contributed by atoms with Gasteiger partial charge in [-0.05, 0) is 54.6 Å². The van der Waals surface area contributed by atoms with Gasteiger partial charge in [-0.1, -0.05) is 22.0 Å². The number of oxazole rings is 1. The van der Waals surface area contributed by atoms with Crippen LogP contribution in [0.3, 0.4) is 0 Å². The third kappa shape index (κ3) is 3.95. The molecule has 3 aromatic carbocycles. The zero-order valence-corrected chi connectivity index (χ0v) is 17.3. The standard InChI is InChI=1S/C22H17BrN2O4/c1-27-16-5-3-4-13(10-16)22-25-18-12-15(7-9-20(18)29-22)24-21(26)17-11-14(23)6-8-19(17)28-2/h3-12H,1-2H3,(H,24,26). The lowest BCUT2D eigenvalue weighted by Gasteiger charge is -2.09. The number of benzene rings is 3. The SMILES string of the molecule is COc1cccc(-c2nc3cc(NC(=O)c4cc(Br)ccc4OC)ccc3o2)c1. The van der Waals surface area contributed by atoms with E-state index in [1.807, 2.05) is 30.3 Å². The minimum Gasteiger partial charge on any atom is -0.497 e. The van der Waals surface area contributed by atoms with Crippen LogP contribution in [0.2, 0.25) is 0 Å². The third-order valence-corrected chi connectivity index (χ3v) is 4.86. The monoisotopic (exact) mass is 452 g/mol. The molecular formula is C22H17BrN2O4. The van der Waals surface area contributed by atoms with E-state index in [0.29, 0.717) is 34.0 Å². The molecule has 0 aliphatic carbocycles. The van der Waals surface area contributed by atoms with E-state index in [-0.39, 0.29) is 5.91 Å². The molecule has 4 rings (SSSR count). The normalized spacial score (nSPS) is 10.7. The number of rotatable bonds is 5. The molecule has 1 aromatic heterocycles. The first-order valence-corrected chi connectivity index (χ1v) is 9.56. The summed E-state index contributed by atoms with van der Waals surface area (Å²) >= 11 is 3.38. The Morgan fingerprint density at radius 2 is 1.90 bits per heavy atom. The quantitative estimate of drug-likeness (QED) is 0.431. The number of halogens is 1. The van der Waals surface area contributed by atoms with Crippen LogP contribution in [-0.2, 0) is 0 Å². The molecule has 0 spiro atoms. The van der Waals surface area contributed by atoms with Crippen LogP contribution in [0.4, 0.5) is 5.69 Å². The molecule has 146 valence electrons. The number of aromatic nitrogens is 1. The Bertz CT molecular complexity index is 1200. The van der Waals surface area contributed by atoms with Gasteiger partial charge in [-0.3, -0.25) is 4.79 Å². The molecule has 0 aliphatic heterocycles. The van der Waals surface area contributed by atoms with E-state index in [1.165, 1.54) is 7.11 Å². The lowest BCUT2D eigenvalue weighted by atomic mass is 10.2. The van der Waals surface area contributed by atoms with E-state index >= 15 is 0 Å². The highest BCUT2D eigenvalue weighted by atomic mass is 79.9. The lowest BCUT2D eigenvalue weighted by Crippen LogP contribution is -2.13. The molecule has 0 radical (unpaired) electrons. The number of amides is 1. The zero-order chi connectivity index (χ0) is 20.4. The highest BCUT2D eigenvalue weighted by Gasteiger charge is 2.15. The van der Waals surface area contributed by atoms with Crippen molar-refractivity contribution in [3.05, 3.63) is 70.7 Å². The number of hydrogen-bond acceptors (Lipinski definition) is 5. The number of carbonyl (C=O) groups excluding carboxylic acids is 1. The van der Waals surface area contributed by atoms with Gasteiger partial charge in [-0.2, -0.15) is 0 Å². The van der Waals surface area contributed by atoms with Gasteiger partial charge < -0.3 is 19.2 Å². The number of carbonyl (C=O) groups is 1. The smallest absolute Gasteiger partial charge is 0.259 e. The molecule has 0 atom stereocenters. The summed E-state index contributed by atoms with van der Waals surface area (Å²) in [5.74, 6) is 1.42. The fourth-order valence-corrected chi connectivity index (χ4v) is 3.30. The van der Waals surface area contributed by atoms with Gasteiger partial charge in [0, 0.05) is 15.7 Å². The Morgan fingerprint density at radius 1 is 1.03 bits per heavy atom. The molecule has 7 heteroatoms. The maximum atomic E-state index is 12.7. The van der Waals surface area contributed by atoms with Crippen molar-refractivity contribution in [1.29, 1.82) is 0 Å². The van der Waals surface area contributed by atoms with Crippen LogP contribution in [0.1, 0.15) is 10.4 Å². The molecular weight excluding hydrogens is 436 g/mol. The molecule has 0 bridgehead atoms. The summed E-state index contributed by atoms with van der Waals surface area (Å²) in [6.07, 6.45) is 0. The molecule has 0 saturated carbocycles. The Kier molecular flexibility index (Phi) is 5.22. The van der Waals surface area contributed by atoms with Gasteiger partial charge in [0.05, 0.1) is 19.8 Å². The van der Waals surface area contributed by atoms with Gasteiger partial charge in [0.15, 0.2) is 5.58 Å². The fraction of sp³-hybridized carbons (Fsp3) is 0.0909. The third-order valence-electron chi connectivity index (χ3n) is 4.37. The average molecular weight is 453 g/mol. The molecule has 6 nitrogen and oxygen atoms in total. The van der Waals surface area contributed by atoms with E-state index in [0.717, 1.165) is 15.8 Å². The number of fused-ring (bicyclic) bond motifs is 1. The summed E-state index contributed by atoms with van der Waals surface area (Å²) in [5.41, 5.74) is 3.11. The number of nitrogens with one attached hydrogen (secondary N) is 1.